The predicted octanol–water partition coefficient (Wildman–Crippen LogP) is 5.12. The van der Waals surface area contributed by atoms with Crippen molar-refractivity contribution in [1.29, 1.82) is 0 Å². The summed E-state index contributed by atoms with van der Waals surface area (Å²) in [4.78, 5) is 18.2. The quantitative estimate of drug-likeness (QED) is 0.486. The van der Waals surface area contributed by atoms with Crippen LogP contribution in [0.25, 0.3) is 22.2 Å². The van der Waals surface area contributed by atoms with Gasteiger partial charge in [0.2, 0.25) is 0 Å². The molecule has 4 aromatic rings. The van der Waals surface area contributed by atoms with Gasteiger partial charge in [-0.2, -0.15) is 5.10 Å². The third-order valence-corrected chi connectivity index (χ3v) is 5.99. The number of H-pyrrole nitrogens is 1. The zero-order valence-electron chi connectivity index (χ0n) is 17.6. The number of hydrogen-bond acceptors (Lipinski definition) is 2. The van der Waals surface area contributed by atoms with Crippen LogP contribution in [-0.2, 0) is 6.42 Å². The van der Waals surface area contributed by atoms with Crippen LogP contribution in [0.5, 0.6) is 0 Å². The number of hydrogen-bond donors (Lipinski definition) is 1. The molecule has 5 nitrogen and oxygen atoms in total. The lowest BCUT2D eigenvalue weighted by Crippen LogP contribution is -2.35. The van der Waals surface area contributed by atoms with E-state index in [2.05, 4.69) is 16.2 Å². The predicted molar refractivity (Wildman–Crippen MR) is 120 cm³/mol. The Kier molecular flexibility index (Phi) is 5.09. The van der Waals surface area contributed by atoms with Gasteiger partial charge in [0.15, 0.2) is 0 Å². The molecule has 0 spiro atoms. The van der Waals surface area contributed by atoms with Crippen LogP contribution in [0.2, 0.25) is 0 Å². The Morgan fingerprint density at radius 3 is 2.62 bits per heavy atom. The first kappa shape index (κ1) is 20.2. The van der Waals surface area contributed by atoms with Crippen molar-refractivity contribution in [3.05, 3.63) is 89.4 Å². The van der Waals surface area contributed by atoms with Gasteiger partial charge < -0.3 is 9.88 Å². The molecule has 0 unspecified atom stereocenters. The van der Waals surface area contributed by atoms with Crippen molar-refractivity contribution in [3.8, 4) is 5.69 Å². The fourth-order valence-corrected chi connectivity index (χ4v) is 4.33. The molecule has 0 aliphatic carbocycles. The van der Waals surface area contributed by atoms with Crippen molar-refractivity contribution in [2.75, 3.05) is 13.1 Å². The molecule has 1 N–H and O–H groups in total. The molecule has 1 aliphatic rings. The van der Waals surface area contributed by atoms with Crippen LogP contribution in [0.4, 0.5) is 8.78 Å². The summed E-state index contributed by atoms with van der Waals surface area (Å²) in [6, 6.07) is 10.8. The molecule has 0 saturated carbocycles. The largest absolute Gasteiger partial charge is 0.360 e. The summed E-state index contributed by atoms with van der Waals surface area (Å²) in [6.45, 7) is 3.05. The van der Waals surface area contributed by atoms with Gasteiger partial charge in [-0.05, 0) is 60.9 Å². The minimum atomic E-state index is -0.313. The zero-order chi connectivity index (χ0) is 22.2. The number of nitrogens with one attached hydrogen (secondary N) is 1. The lowest BCUT2D eigenvalue weighted by atomic mass is 9.98. The van der Waals surface area contributed by atoms with Gasteiger partial charge in [0.1, 0.15) is 11.6 Å². The Hall–Kier alpha value is -3.74. The number of carbonyl (C=O) groups excluding carboxylic acids is 1. The number of rotatable bonds is 4. The lowest BCUT2D eigenvalue weighted by molar-refractivity contribution is 0.0772. The molecular formula is C25H22F2N4O. The molecule has 0 bridgehead atoms. The SMILES string of the molecule is CCc1c(C(=O)N2CC=C(c3c[nH]c4cc(F)ccc34)CC2)cnn1-c1ccc(F)cc1. The van der Waals surface area contributed by atoms with Gasteiger partial charge in [-0.15, -0.1) is 0 Å². The second-order valence-corrected chi connectivity index (χ2v) is 7.87. The second kappa shape index (κ2) is 8.07. The summed E-state index contributed by atoms with van der Waals surface area (Å²) in [6.07, 6.45) is 6.89. The molecule has 1 aliphatic heterocycles. The maximum atomic E-state index is 13.5. The minimum Gasteiger partial charge on any atom is -0.360 e. The van der Waals surface area contributed by atoms with Crippen LogP contribution < -0.4 is 0 Å². The van der Waals surface area contributed by atoms with Gasteiger partial charge in [0.25, 0.3) is 5.91 Å². The average Bonchev–Trinajstić information content (AvgIpc) is 3.43. The number of aromatic nitrogens is 3. The van der Waals surface area contributed by atoms with Gasteiger partial charge in [-0.1, -0.05) is 13.0 Å². The van der Waals surface area contributed by atoms with Crippen LogP contribution in [-0.4, -0.2) is 38.7 Å². The standard InChI is InChI=1S/C25H22F2N4O/c1-2-24-22(15-29-31(24)19-6-3-17(26)4-7-19)25(32)30-11-9-16(10-12-30)21-14-28-23-13-18(27)5-8-20(21)23/h3-9,13-15,28H,2,10-12H2,1H3. The topological polar surface area (TPSA) is 53.9 Å². The van der Waals surface area contributed by atoms with Crippen LogP contribution in [0.3, 0.4) is 0 Å². The average molecular weight is 432 g/mol. The zero-order valence-corrected chi connectivity index (χ0v) is 17.6. The Morgan fingerprint density at radius 2 is 1.91 bits per heavy atom. The highest BCUT2D eigenvalue weighted by Gasteiger charge is 2.25. The minimum absolute atomic E-state index is 0.0634. The van der Waals surface area contributed by atoms with Gasteiger partial charge in [0, 0.05) is 35.8 Å². The van der Waals surface area contributed by atoms with Crippen molar-refractivity contribution in [3.63, 3.8) is 0 Å². The molecule has 2 aromatic carbocycles. The number of halogens is 2. The molecule has 0 radical (unpaired) electrons. The Morgan fingerprint density at radius 1 is 1.12 bits per heavy atom. The van der Waals surface area contributed by atoms with Crippen molar-refractivity contribution in [1.82, 2.24) is 19.7 Å². The molecule has 0 saturated heterocycles. The normalized spacial score (nSPS) is 14.1. The molecule has 32 heavy (non-hydrogen) atoms. The van der Waals surface area contributed by atoms with E-state index in [0.29, 0.717) is 31.5 Å². The number of benzene rings is 2. The first-order valence-electron chi connectivity index (χ1n) is 10.6. The van der Waals surface area contributed by atoms with Crippen LogP contribution in [0.15, 0.2) is 60.9 Å². The molecule has 2 aromatic heterocycles. The van der Waals surface area contributed by atoms with E-state index in [1.807, 2.05) is 18.0 Å². The number of aromatic amines is 1. The first-order chi connectivity index (χ1) is 15.5. The third-order valence-electron chi connectivity index (χ3n) is 5.99. The fraction of sp³-hybridized carbons (Fsp3) is 0.200. The van der Waals surface area contributed by atoms with Crippen LogP contribution in [0, 0.1) is 11.6 Å². The molecular weight excluding hydrogens is 410 g/mol. The van der Waals surface area contributed by atoms with E-state index in [1.165, 1.54) is 24.3 Å². The van der Waals surface area contributed by atoms with Crippen molar-refractivity contribution < 1.29 is 13.6 Å². The molecule has 162 valence electrons. The molecule has 0 atom stereocenters. The number of nitrogens with zero attached hydrogens (tertiary/aromatic N) is 3. The van der Waals surface area contributed by atoms with Gasteiger partial charge in [-0.25, -0.2) is 13.5 Å². The van der Waals surface area contributed by atoms with E-state index in [4.69, 9.17) is 0 Å². The summed E-state index contributed by atoms with van der Waals surface area (Å²) in [5.41, 5.74) is 5.04. The highest BCUT2D eigenvalue weighted by Crippen LogP contribution is 2.30. The van der Waals surface area contributed by atoms with Gasteiger partial charge in [0.05, 0.1) is 23.1 Å². The fourth-order valence-electron chi connectivity index (χ4n) is 4.33. The summed E-state index contributed by atoms with van der Waals surface area (Å²) < 4.78 is 28.5. The summed E-state index contributed by atoms with van der Waals surface area (Å²) in [5.74, 6) is -0.647. The number of amides is 1. The Bertz CT molecular complexity index is 1330. The molecule has 0 fully saturated rings. The van der Waals surface area contributed by atoms with Crippen molar-refractivity contribution >= 4 is 22.4 Å². The first-order valence-corrected chi connectivity index (χ1v) is 10.6. The van der Waals surface area contributed by atoms with E-state index in [-0.39, 0.29) is 17.5 Å². The second-order valence-electron chi connectivity index (χ2n) is 7.87. The number of fused-ring (bicyclic) bond motifs is 1. The summed E-state index contributed by atoms with van der Waals surface area (Å²) in [7, 11) is 0. The van der Waals surface area contributed by atoms with Crippen molar-refractivity contribution in [2.24, 2.45) is 0 Å². The lowest BCUT2D eigenvalue weighted by Gasteiger charge is -2.26. The van der Waals surface area contributed by atoms with Crippen LogP contribution in [0.1, 0.15) is 35.0 Å². The maximum Gasteiger partial charge on any atom is 0.257 e. The van der Waals surface area contributed by atoms with E-state index >= 15 is 0 Å². The van der Waals surface area contributed by atoms with E-state index < -0.39 is 0 Å². The van der Waals surface area contributed by atoms with E-state index in [0.717, 1.165) is 33.4 Å². The Labute approximate surface area is 184 Å². The summed E-state index contributed by atoms with van der Waals surface area (Å²) in [5, 5.41) is 5.37. The Balaban J connectivity index is 1.38. The summed E-state index contributed by atoms with van der Waals surface area (Å²) >= 11 is 0. The third kappa shape index (κ3) is 3.49. The maximum absolute atomic E-state index is 13.5. The van der Waals surface area contributed by atoms with Gasteiger partial charge >= 0.3 is 0 Å². The molecule has 7 heteroatoms. The van der Waals surface area contributed by atoms with Crippen molar-refractivity contribution in [2.45, 2.75) is 19.8 Å². The monoisotopic (exact) mass is 432 g/mol. The highest BCUT2D eigenvalue weighted by atomic mass is 19.1. The molecule has 1 amide bonds. The van der Waals surface area contributed by atoms with Crippen LogP contribution >= 0.6 is 0 Å². The van der Waals surface area contributed by atoms with E-state index in [1.54, 1.807) is 29.1 Å². The highest BCUT2D eigenvalue weighted by molar-refractivity contribution is 5.97. The van der Waals surface area contributed by atoms with Gasteiger partial charge in [-0.3, -0.25) is 4.79 Å². The number of carbonyl (C=O) groups is 1. The molecule has 3 heterocycles. The molecule has 5 rings (SSSR count). The smallest absolute Gasteiger partial charge is 0.257 e. The van der Waals surface area contributed by atoms with E-state index in [9.17, 15) is 13.6 Å².